The van der Waals surface area contributed by atoms with Crippen LogP contribution in [0.5, 0.6) is 0 Å². The molecule has 0 radical (unpaired) electrons. The summed E-state index contributed by atoms with van der Waals surface area (Å²) in [6, 6.07) is 6.30. The van der Waals surface area contributed by atoms with E-state index >= 15 is 0 Å². The van der Waals surface area contributed by atoms with Gasteiger partial charge in [0.15, 0.2) is 4.77 Å². The molecule has 0 spiro atoms. The normalized spacial score (nSPS) is 15.7. The van der Waals surface area contributed by atoms with Crippen molar-refractivity contribution in [1.82, 2.24) is 14.9 Å². The van der Waals surface area contributed by atoms with Crippen LogP contribution in [0.4, 0.5) is 0 Å². The number of para-hydroxylation sites is 1. The Labute approximate surface area is 86.7 Å². The maximum absolute atomic E-state index is 5.29. The van der Waals surface area contributed by atoms with Crippen LogP contribution in [0, 0.1) is 4.77 Å². The van der Waals surface area contributed by atoms with E-state index in [1.165, 1.54) is 11.1 Å². The summed E-state index contributed by atoms with van der Waals surface area (Å²) in [4.78, 5) is 3.24. The molecule has 14 heavy (non-hydrogen) atoms. The zero-order valence-corrected chi connectivity index (χ0v) is 8.53. The lowest BCUT2D eigenvalue weighted by Gasteiger charge is -2.00. The van der Waals surface area contributed by atoms with E-state index in [4.69, 9.17) is 12.2 Å². The predicted octanol–water partition coefficient (Wildman–Crippen LogP) is 1.80. The number of nitrogens with one attached hydrogen (secondary N) is 2. The first-order valence-corrected chi connectivity index (χ1v) is 5.18. The summed E-state index contributed by atoms with van der Waals surface area (Å²) in [6.07, 6.45) is 0. The average Bonchev–Trinajstić information content (AvgIpc) is 2.39. The minimum atomic E-state index is 0.830. The van der Waals surface area contributed by atoms with Gasteiger partial charge in [0.25, 0.3) is 0 Å². The molecule has 72 valence electrons. The average molecular weight is 205 g/mol. The highest BCUT2D eigenvalue weighted by Gasteiger charge is 2.11. The summed E-state index contributed by atoms with van der Waals surface area (Å²) < 4.78 is 3.01. The third-order valence-electron chi connectivity index (χ3n) is 2.70. The van der Waals surface area contributed by atoms with Crippen molar-refractivity contribution in [3.05, 3.63) is 28.5 Å². The number of H-pyrrole nitrogens is 1. The van der Waals surface area contributed by atoms with Gasteiger partial charge < -0.3 is 14.9 Å². The second-order valence-electron chi connectivity index (χ2n) is 3.57. The van der Waals surface area contributed by atoms with E-state index in [0.717, 1.165) is 29.9 Å². The molecule has 2 N–H and O–H groups in total. The van der Waals surface area contributed by atoms with E-state index in [9.17, 15) is 0 Å². The molecule has 2 aromatic rings. The Hall–Kier alpha value is -1.13. The fraction of sp³-hybridized carbons (Fsp3) is 0.300. The number of hydrogen-bond donors (Lipinski definition) is 2. The maximum Gasteiger partial charge on any atom is 0.178 e. The third-order valence-corrected chi connectivity index (χ3v) is 3.03. The third kappa shape index (κ3) is 1.04. The highest BCUT2D eigenvalue weighted by molar-refractivity contribution is 7.71. The first kappa shape index (κ1) is 8.20. The number of nitrogens with zero attached hydrogens (tertiary/aromatic N) is 1. The van der Waals surface area contributed by atoms with Gasteiger partial charge in [-0.15, -0.1) is 0 Å². The number of imidazole rings is 1. The fourth-order valence-corrected chi connectivity index (χ4v) is 2.36. The molecule has 0 saturated heterocycles. The standard InChI is InChI=1S/C10H11N3S/c14-10-12-8-3-1-2-7-6-11-4-5-13(10)9(7)8/h1-3,11H,4-6H2,(H,12,14). The van der Waals surface area contributed by atoms with Gasteiger partial charge in [-0.3, -0.25) is 0 Å². The molecular weight excluding hydrogens is 194 g/mol. The van der Waals surface area contributed by atoms with Crippen molar-refractivity contribution in [2.24, 2.45) is 0 Å². The summed E-state index contributed by atoms with van der Waals surface area (Å²) >= 11 is 5.29. The number of aromatic nitrogens is 2. The molecule has 0 atom stereocenters. The van der Waals surface area contributed by atoms with Crippen LogP contribution in [-0.4, -0.2) is 16.1 Å². The maximum atomic E-state index is 5.29. The monoisotopic (exact) mass is 205 g/mol. The summed E-state index contributed by atoms with van der Waals surface area (Å²) in [5.41, 5.74) is 3.74. The van der Waals surface area contributed by atoms with Crippen LogP contribution in [-0.2, 0) is 13.1 Å². The Morgan fingerprint density at radius 2 is 2.29 bits per heavy atom. The molecule has 0 aliphatic carbocycles. The van der Waals surface area contributed by atoms with Gasteiger partial charge in [0.1, 0.15) is 0 Å². The molecule has 1 aliphatic rings. The van der Waals surface area contributed by atoms with Crippen LogP contribution >= 0.6 is 12.2 Å². The fourth-order valence-electron chi connectivity index (χ4n) is 2.07. The molecule has 3 nitrogen and oxygen atoms in total. The van der Waals surface area contributed by atoms with Crippen molar-refractivity contribution in [3.63, 3.8) is 0 Å². The highest BCUT2D eigenvalue weighted by Crippen LogP contribution is 2.20. The predicted molar refractivity (Wildman–Crippen MR) is 58.8 cm³/mol. The van der Waals surface area contributed by atoms with Gasteiger partial charge in [0.2, 0.25) is 0 Å². The summed E-state index contributed by atoms with van der Waals surface area (Å²) in [7, 11) is 0. The van der Waals surface area contributed by atoms with Crippen LogP contribution < -0.4 is 5.32 Å². The molecular formula is C10H11N3S. The molecule has 1 aliphatic heterocycles. The topological polar surface area (TPSA) is 32.8 Å². The quantitative estimate of drug-likeness (QED) is 0.643. The molecule has 0 unspecified atom stereocenters. The van der Waals surface area contributed by atoms with Crippen molar-refractivity contribution < 1.29 is 0 Å². The minimum Gasteiger partial charge on any atom is -0.331 e. The van der Waals surface area contributed by atoms with E-state index in [1.54, 1.807) is 0 Å². The summed E-state index contributed by atoms with van der Waals surface area (Å²) in [5, 5.41) is 3.39. The molecule has 0 bridgehead atoms. The van der Waals surface area contributed by atoms with E-state index in [2.05, 4.69) is 33.1 Å². The Kier molecular flexibility index (Phi) is 1.72. The summed E-state index contributed by atoms with van der Waals surface area (Å²) in [5.74, 6) is 0. The van der Waals surface area contributed by atoms with Gasteiger partial charge in [-0.1, -0.05) is 12.1 Å². The summed E-state index contributed by atoms with van der Waals surface area (Å²) in [6.45, 7) is 2.87. The second-order valence-corrected chi connectivity index (χ2v) is 3.96. The second kappa shape index (κ2) is 2.93. The first-order valence-electron chi connectivity index (χ1n) is 4.77. The van der Waals surface area contributed by atoms with Gasteiger partial charge >= 0.3 is 0 Å². The molecule has 1 aromatic carbocycles. The van der Waals surface area contributed by atoms with E-state index in [1.807, 2.05) is 0 Å². The van der Waals surface area contributed by atoms with Gasteiger partial charge in [0.05, 0.1) is 11.0 Å². The van der Waals surface area contributed by atoms with Crippen LogP contribution in [0.3, 0.4) is 0 Å². The number of hydrogen-bond acceptors (Lipinski definition) is 2. The Morgan fingerprint density at radius 3 is 3.21 bits per heavy atom. The van der Waals surface area contributed by atoms with Crippen LogP contribution in [0.15, 0.2) is 18.2 Å². The zero-order chi connectivity index (χ0) is 9.54. The van der Waals surface area contributed by atoms with E-state index in [0.29, 0.717) is 0 Å². The lowest BCUT2D eigenvalue weighted by atomic mass is 10.2. The Morgan fingerprint density at radius 1 is 1.36 bits per heavy atom. The van der Waals surface area contributed by atoms with Crippen molar-refractivity contribution in [3.8, 4) is 0 Å². The van der Waals surface area contributed by atoms with Crippen LogP contribution in [0.2, 0.25) is 0 Å². The number of aromatic amines is 1. The van der Waals surface area contributed by atoms with Crippen molar-refractivity contribution in [2.45, 2.75) is 13.1 Å². The van der Waals surface area contributed by atoms with Crippen molar-refractivity contribution in [2.75, 3.05) is 6.54 Å². The smallest absolute Gasteiger partial charge is 0.178 e. The first-order chi connectivity index (χ1) is 6.86. The molecule has 2 heterocycles. The molecule has 3 rings (SSSR count). The lowest BCUT2D eigenvalue weighted by molar-refractivity contribution is 0.625. The van der Waals surface area contributed by atoms with Gasteiger partial charge in [0, 0.05) is 19.6 Å². The van der Waals surface area contributed by atoms with E-state index < -0.39 is 0 Å². The minimum absolute atomic E-state index is 0.830. The van der Waals surface area contributed by atoms with Crippen molar-refractivity contribution in [1.29, 1.82) is 0 Å². The van der Waals surface area contributed by atoms with Crippen LogP contribution in [0.25, 0.3) is 11.0 Å². The Bertz CT molecular complexity index is 538. The molecule has 0 saturated carbocycles. The van der Waals surface area contributed by atoms with Crippen LogP contribution in [0.1, 0.15) is 5.56 Å². The molecule has 0 amide bonds. The lowest BCUT2D eigenvalue weighted by Crippen LogP contribution is -2.15. The zero-order valence-electron chi connectivity index (χ0n) is 7.71. The number of benzene rings is 1. The van der Waals surface area contributed by atoms with Gasteiger partial charge in [-0.25, -0.2) is 0 Å². The largest absolute Gasteiger partial charge is 0.331 e. The molecule has 1 aromatic heterocycles. The van der Waals surface area contributed by atoms with Gasteiger partial charge in [-0.2, -0.15) is 0 Å². The number of rotatable bonds is 0. The SMILES string of the molecule is S=c1[nH]c2cccc3c2n1CCNC3. The molecule has 4 heteroatoms. The van der Waals surface area contributed by atoms with Crippen molar-refractivity contribution >= 4 is 23.3 Å². The van der Waals surface area contributed by atoms with E-state index in [-0.39, 0.29) is 0 Å². The Balaban J connectivity index is 2.48. The molecule has 0 fully saturated rings. The highest BCUT2D eigenvalue weighted by atomic mass is 32.1. The van der Waals surface area contributed by atoms with Gasteiger partial charge in [-0.05, 0) is 23.8 Å².